The fourth-order valence-corrected chi connectivity index (χ4v) is 3.89. The number of benzene rings is 4. The summed E-state index contributed by atoms with van der Waals surface area (Å²) in [6.07, 6.45) is 1.49. The number of fused-ring (bicyclic) bond motifs is 1. The summed E-state index contributed by atoms with van der Waals surface area (Å²) in [5, 5.41) is 4.96. The zero-order chi connectivity index (χ0) is 25.8. The second-order valence-corrected chi connectivity index (χ2v) is 8.34. The van der Waals surface area contributed by atoms with Crippen LogP contribution >= 0.6 is 0 Å². The maximum absolute atomic E-state index is 13.4. The Kier molecular flexibility index (Phi) is 6.59. The van der Waals surface area contributed by atoms with E-state index in [1.807, 2.05) is 37.3 Å². The predicted molar refractivity (Wildman–Crippen MR) is 144 cm³/mol. The summed E-state index contributed by atoms with van der Waals surface area (Å²) in [6, 6.07) is 28.5. The van der Waals surface area contributed by atoms with Crippen molar-refractivity contribution in [3.8, 4) is 22.9 Å². The molecule has 1 aromatic heterocycles. The Morgan fingerprint density at radius 1 is 0.919 bits per heavy atom. The number of esters is 1. The normalized spacial score (nSPS) is 11.1. The van der Waals surface area contributed by atoms with Crippen molar-refractivity contribution in [1.29, 1.82) is 0 Å². The summed E-state index contributed by atoms with van der Waals surface area (Å²) in [6.45, 7) is 1.98. The van der Waals surface area contributed by atoms with Crippen LogP contribution in [0.15, 0.2) is 107 Å². The van der Waals surface area contributed by atoms with E-state index in [9.17, 15) is 9.59 Å². The molecule has 37 heavy (non-hydrogen) atoms. The number of carbonyl (C=O) groups is 1. The van der Waals surface area contributed by atoms with Gasteiger partial charge in [-0.25, -0.2) is 9.78 Å². The lowest BCUT2D eigenvalue weighted by Crippen LogP contribution is -2.20. The molecule has 0 amide bonds. The first-order chi connectivity index (χ1) is 18.0. The number of carbonyl (C=O) groups excluding carboxylic acids is 1. The van der Waals surface area contributed by atoms with Gasteiger partial charge in [-0.15, -0.1) is 0 Å². The van der Waals surface area contributed by atoms with Crippen molar-refractivity contribution in [2.75, 3.05) is 7.11 Å². The summed E-state index contributed by atoms with van der Waals surface area (Å²) in [7, 11) is 1.56. The van der Waals surface area contributed by atoms with E-state index in [-0.39, 0.29) is 5.56 Å². The number of hydrogen-bond donors (Lipinski definition) is 0. The minimum Gasteiger partial charge on any atom is -0.497 e. The van der Waals surface area contributed by atoms with Crippen molar-refractivity contribution >= 4 is 23.1 Å². The Labute approximate surface area is 213 Å². The summed E-state index contributed by atoms with van der Waals surface area (Å²) >= 11 is 0. The smallest absolute Gasteiger partial charge is 0.343 e. The van der Waals surface area contributed by atoms with E-state index in [0.29, 0.717) is 39.4 Å². The highest BCUT2D eigenvalue weighted by Crippen LogP contribution is 2.22. The molecular weight excluding hydrogens is 466 g/mol. The Hall–Kier alpha value is -5.04. The molecule has 0 unspecified atom stereocenters. The van der Waals surface area contributed by atoms with Crippen molar-refractivity contribution in [3.63, 3.8) is 0 Å². The van der Waals surface area contributed by atoms with Gasteiger partial charge in [-0.2, -0.15) is 9.78 Å². The fourth-order valence-electron chi connectivity index (χ4n) is 3.89. The lowest BCUT2D eigenvalue weighted by molar-refractivity contribution is 0.0734. The number of aryl methyl sites for hydroxylation is 1. The lowest BCUT2D eigenvalue weighted by atomic mass is 10.1. The molecule has 7 nitrogen and oxygen atoms in total. The van der Waals surface area contributed by atoms with E-state index < -0.39 is 5.97 Å². The number of nitrogens with zero attached hydrogens (tertiary/aromatic N) is 3. The number of para-hydroxylation sites is 2. The average molecular weight is 490 g/mol. The second kappa shape index (κ2) is 10.3. The number of methoxy groups -OCH3 is 1. The van der Waals surface area contributed by atoms with Crippen LogP contribution in [-0.4, -0.2) is 29.0 Å². The van der Waals surface area contributed by atoms with Gasteiger partial charge in [0.1, 0.15) is 11.5 Å². The predicted octanol–water partition coefficient (Wildman–Crippen LogP) is 5.48. The number of aromatic nitrogens is 2. The van der Waals surface area contributed by atoms with E-state index >= 15 is 0 Å². The first kappa shape index (κ1) is 23.7. The van der Waals surface area contributed by atoms with Crippen LogP contribution in [0, 0.1) is 6.92 Å². The molecule has 0 N–H and O–H groups in total. The van der Waals surface area contributed by atoms with Crippen LogP contribution in [0.1, 0.15) is 21.5 Å². The Balaban J connectivity index is 1.54. The average Bonchev–Trinajstić information content (AvgIpc) is 2.93. The van der Waals surface area contributed by atoms with E-state index in [4.69, 9.17) is 14.5 Å². The molecule has 0 fully saturated rings. The molecule has 182 valence electrons. The van der Waals surface area contributed by atoms with Crippen molar-refractivity contribution in [1.82, 2.24) is 9.66 Å². The molecule has 0 radical (unpaired) electrons. The molecule has 0 aliphatic rings. The maximum atomic E-state index is 13.4. The molecule has 0 saturated carbocycles. The standard InChI is InChI=1S/C30H23N3O4/c1-20-8-7-10-22(18-20)28-32-26-12-5-4-11-25(26)29(34)33(28)31-19-23-9-3-6-13-27(23)37-30(35)21-14-16-24(36-2)17-15-21/h3-19H,1-2H3. The van der Waals surface area contributed by atoms with Crippen LogP contribution in [0.2, 0.25) is 0 Å². The van der Waals surface area contributed by atoms with Crippen molar-refractivity contribution < 1.29 is 14.3 Å². The molecule has 4 aromatic carbocycles. The minimum absolute atomic E-state index is 0.300. The van der Waals surface area contributed by atoms with Gasteiger partial charge in [-0.1, -0.05) is 48.0 Å². The van der Waals surface area contributed by atoms with E-state index in [2.05, 4.69) is 5.10 Å². The third-order valence-electron chi connectivity index (χ3n) is 5.79. The van der Waals surface area contributed by atoms with Crippen LogP contribution in [0.5, 0.6) is 11.5 Å². The van der Waals surface area contributed by atoms with Gasteiger partial charge >= 0.3 is 5.97 Å². The molecule has 0 aliphatic heterocycles. The summed E-state index contributed by atoms with van der Waals surface area (Å²) < 4.78 is 12.1. The molecule has 5 rings (SSSR count). The summed E-state index contributed by atoms with van der Waals surface area (Å²) in [4.78, 5) is 30.9. The largest absolute Gasteiger partial charge is 0.497 e. The van der Waals surface area contributed by atoms with Crippen LogP contribution < -0.4 is 15.0 Å². The van der Waals surface area contributed by atoms with E-state index in [1.54, 1.807) is 73.8 Å². The SMILES string of the molecule is COc1ccc(C(=O)Oc2ccccc2C=Nn2c(-c3cccc(C)c3)nc3ccccc3c2=O)cc1. The van der Waals surface area contributed by atoms with Gasteiger partial charge in [0.15, 0.2) is 5.82 Å². The maximum Gasteiger partial charge on any atom is 0.343 e. The van der Waals surface area contributed by atoms with Gasteiger partial charge in [-0.3, -0.25) is 4.79 Å². The van der Waals surface area contributed by atoms with Gasteiger partial charge in [0.05, 0.1) is 29.8 Å². The first-order valence-electron chi connectivity index (χ1n) is 11.6. The summed E-state index contributed by atoms with van der Waals surface area (Å²) in [5.74, 6) is 0.846. The monoisotopic (exact) mass is 489 g/mol. The Morgan fingerprint density at radius 2 is 1.68 bits per heavy atom. The highest BCUT2D eigenvalue weighted by molar-refractivity contribution is 5.93. The molecule has 0 spiro atoms. The zero-order valence-corrected chi connectivity index (χ0v) is 20.3. The number of ether oxygens (including phenoxy) is 2. The molecule has 0 bridgehead atoms. The van der Waals surface area contributed by atoms with Crippen LogP contribution in [-0.2, 0) is 0 Å². The molecule has 0 aliphatic carbocycles. The third kappa shape index (κ3) is 5.01. The van der Waals surface area contributed by atoms with E-state index in [0.717, 1.165) is 11.1 Å². The van der Waals surface area contributed by atoms with Gasteiger partial charge in [-0.05, 0) is 61.5 Å². The number of rotatable bonds is 6. The van der Waals surface area contributed by atoms with Crippen molar-refractivity contribution in [2.45, 2.75) is 6.92 Å². The molecule has 5 aromatic rings. The quantitative estimate of drug-likeness (QED) is 0.179. The number of hydrogen-bond acceptors (Lipinski definition) is 6. The molecule has 0 saturated heterocycles. The van der Waals surface area contributed by atoms with Crippen molar-refractivity contribution in [2.24, 2.45) is 5.10 Å². The van der Waals surface area contributed by atoms with Gasteiger partial charge in [0.2, 0.25) is 0 Å². The van der Waals surface area contributed by atoms with Gasteiger partial charge in [0, 0.05) is 11.1 Å². The highest BCUT2D eigenvalue weighted by Gasteiger charge is 2.14. The first-order valence-corrected chi connectivity index (χ1v) is 11.6. The lowest BCUT2D eigenvalue weighted by Gasteiger charge is -2.11. The van der Waals surface area contributed by atoms with Gasteiger partial charge in [0.25, 0.3) is 5.56 Å². The highest BCUT2D eigenvalue weighted by atomic mass is 16.5. The second-order valence-electron chi connectivity index (χ2n) is 8.34. The topological polar surface area (TPSA) is 82.8 Å². The zero-order valence-electron chi connectivity index (χ0n) is 20.3. The minimum atomic E-state index is -0.520. The Bertz CT molecular complexity index is 1690. The molecule has 0 atom stereocenters. The third-order valence-corrected chi connectivity index (χ3v) is 5.79. The van der Waals surface area contributed by atoms with E-state index in [1.165, 1.54) is 10.9 Å². The Morgan fingerprint density at radius 3 is 2.46 bits per heavy atom. The van der Waals surface area contributed by atoms with Crippen LogP contribution in [0.3, 0.4) is 0 Å². The molecular formula is C30H23N3O4. The summed E-state index contributed by atoms with van der Waals surface area (Å²) in [5.41, 5.74) is 2.99. The fraction of sp³-hybridized carbons (Fsp3) is 0.0667. The molecule has 7 heteroatoms. The van der Waals surface area contributed by atoms with Crippen LogP contribution in [0.25, 0.3) is 22.3 Å². The van der Waals surface area contributed by atoms with Crippen LogP contribution in [0.4, 0.5) is 0 Å². The van der Waals surface area contributed by atoms with Crippen molar-refractivity contribution in [3.05, 3.63) is 124 Å². The molecule has 1 heterocycles. The van der Waals surface area contributed by atoms with Gasteiger partial charge < -0.3 is 9.47 Å².